The summed E-state index contributed by atoms with van der Waals surface area (Å²) in [5.41, 5.74) is 2.09. The van der Waals surface area contributed by atoms with Gasteiger partial charge in [-0.3, -0.25) is 0 Å². The lowest BCUT2D eigenvalue weighted by atomic mass is 9.95. The zero-order chi connectivity index (χ0) is 16.6. The van der Waals surface area contributed by atoms with Gasteiger partial charge in [0.15, 0.2) is 0 Å². The van der Waals surface area contributed by atoms with Crippen molar-refractivity contribution in [1.29, 1.82) is 0 Å². The number of aryl methyl sites for hydroxylation is 1. The smallest absolute Gasteiger partial charge is 0.428 e. The van der Waals surface area contributed by atoms with E-state index in [1.165, 1.54) is 16.5 Å². The van der Waals surface area contributed by atoms with E-state index in [4.69, 9.17) is 9.47 Å². The van der Waals surface area contributed by atoms with E-state index in [-0.39, 0.29) is 0 Å². The van der Waals surface area contributed by atoms with Crippen molar-refractivity contribution in [3.63, 3.8) is 0 Å². The van der Waals surface area contributed by atoms with Gasteiger partial charge in [0.1, 0.15) is 11.4 Å². The van der Waals surface area contributed by atoms with Gasteiger partial charge in [-0.2, -0.15) is 0 Å². The molecule has 2 aromatic rings. The Morgan fingerprint density at radius 1 is 1.26 bits per heavy atom. The molecule has 0 N–H and O–H groups in total. The van der Waals surface area contributed by atoms with Crippen LogP contribution in [-0.4, -0.2) is 17.1 Å². The van der Waals surface area contributed by atoms with E-state index in [1.54, 1.807) is 0 Å². The van der Waals surface area contributed by atoms with Crippen LogP contribution >= 0.6 is 15.9 Å². The van der Waals surface area contributed by atoms with Crippen molar-refractivity contribution in [3.8, 4) is 5.75 Å². The molecule has 0 saturated carbocycles. The number of hydrogen-bond donors (Lipinski definition) is 0. The molecule has 1 atom stereocenters. The number of fused-ring (bicyclic) bond motifs is 3. The lowest BCUT2D eigenvalue weighted by Crippen LogP contribution is -2.26. The first-order valence-electron chi connectivity index (χ1n) is 7.90. The molecule has 4 heteroatoms. The molecule has 122 valence electrons. The molecule has 0 aliphatic heterocycles. The summed E-state index contributed by atoms with van der Waals surface area (Å²) in [6.07, 6.45) is 1.49. The van der Waals surface area contributed by atoms with Crippen molar-refractivity contribution in [2.24, 2.45) is 0 Å². The van der Waals surface area contributed by atoms with Gasteiger partial charge in [-0.15, -0.1) is 0 Å². The van der Waals surface area contributed by atoms with Crippen molar-refractivity contribution in [3.05, 3.63) is 41.5 Å². The largest absolute Gasteiger partial charge is 0.514 e. The third-order valence-corrected chi connectivity index (χ3v) is 4.86. The van der Waals surface area contributed by atoms with Crippen molar-refractivity contribution >= 4 is 32.9 Å². The summed E-state index contributed by atoms with van der Waals surface area (Å²) < 4.78 is 10.8. The molecule has 23 heavy (non-hydrogen) atoms. The fourth-order valence-electron chi connectivity index (χ4n) is 3.18. The third kappa shape index (κ3) is 3.37. The topological polar surface area (TPSA) is 35.5 Å². The van der Waals surface area contributed by atoms with Crippen LogP contribution in [0.1, 0.15) is 44.2 Å². The molecular weight excluding hydrogens is 356 g/mol. The standard InChI is InChI=1S/C19H21BrO3/c1-19(2,3)23-18(21)22-16-10-12-8-9-13(11-20)17(12)15-7-5-4-6-14(15)16/h4-7,10,13H,8-9,11H2,1-3H3/t13-/m0/s1. The highest BCUT2D eigenvalue weighted by molar-refractivity contribution is 9.09. The predicted octanol–water partition coefficient (Wildman–Crippen LogP) is 5.58. The van der Waals surface area contributed by atoms with Gasteiger partial charge in [0, 0.05) is 10.7 Å². The minimum Gasteiger partial charge on any atom is -0.428 e. The molecule has 3 rings (SSSR count). The average molecular weight is 377 g/mol. The first-order valence-corrected chi connectivity index (χ1v) is 9.02. The van der Waals surface area contributed by atoms with E-state index in [0.717, 1.165) is 23.6 Å². The van der Waals surface area contributed by atoms with Crippen LogP contribution in [0, 0.1) is 0 Å². The van der Waals surface area contributed by atoms with Crippen LogP contribution < -0.4 is 4.74 Å². The first kappa shape index (κ1) is 16.3. The van der Waals surface area contributed by atoms with Crippen LogP contribution in [0.2, 0.25) is 0 Å². The number of carbonyl (C=O) groups is 1. The minimum absolute atomic E-state index is 0.519. The summed E-state index contributed by atoms with van der Waals surface area (Å²) in [6, 6.07) is 10.1. The highest BCUT2D eigenvalue weighted by atomic mass is 79.9. The van der Waals surface area contributed by atoms with Crippen molar-refractivity contribution < 1.29 is 14.3 Å². The van der Waals surface area contributed by atoms with Gasteiger partial charge < -0.3 is 9.47 Å². The predicted molar refractivity (Wildman–Crippen MR) is 95.7 cm³/mol. The molecule has 0 heterocycles. The maximum atomic E-state index is 12.0. The average Bonchev–Trinajstić information content (AvgIpc) is 2.88. The highest BCUT2D eigenvalue weighted by Gasteiger charge is 2.27. The molecule has 0 saturated heterocycles. The number of carbonyl (C=O) groups excluding carboxylic acids is 1. The molecule has 1 aliphatic rings. The normalized spacial score (nSPS) is 17.1. The second-order valence-electron chi connectivity index (χ2n) is 6.95. The van der Waals surface area contributed by atoms with Crippen LogP contribution in [0.4, 0.5) is 4.79 Å². The second-order valence-corrected chi connectivity index (χ2v) is 7.60. The quantitative estimate of drug-likeness (QED) is 0.389. The van der Waals surface area contributed by atoms with E-state index in [1.807, 2.05) is 45.0 Å². The maximum absolute atomic E-state index is 12.0. The summed E-state index contributed by atoms with van der Waals surface area (Å²) in [6.45, 7) is 5.49. The Labute approximate surface area is 145 Å². The lowest BCUT2D eigenvalue weighted by Gasteiger charge is -2.20. The molecule has 3 nitrogen and oxygen atoms in total. The second kappa shape index (κ2) is 6.16. The Bertz CT molecular complexity index is 746. The maximum Gasteiger partial charge on any atom is 0.514 e. The molecule has 0 fully saturated rings. The Balaban J connectivity index is 2.03. The summed E-state index contributed by atoms with van der Waals surface area (Å²) in [5, 5.41) is 3.09. The molecule has 1 aliphatic carbocycles. The van der Waals surface area contributed by atoms with Gasteiger partial charge in [-0.05, 0) is 62.1 Å². The van der Waals surface area contributed by atoms with E-state index >= 15 is 0 Å². The number of hydrogen-bond acceptors (Lipinski definition) is 3. The molecule has 2 aromatic carbocycles. The molecular formula is C19H21BrO3. The van der Waals surface area contributed by atoms with Gasteiger partial charge in [0.05, 0.1) is 0 Å². The van der Waals surface area contributed by atoms with E-state index in [2.05, 4.69) is 22.0 Å². The van der Waals surface area contributed by atoms with Gasteiger partial charge >= 0.3 is 6.16 Å². The van der Waals surface area contributed by atoms with Crippen molar-refractivity contribution in [2.75, 3.05) is 5.33 Å². The monoisotopic (exact) mass is 376 g/mol. The van der Waals surface area contributed by atoms with Crippen LogP contribution in [0.3, 0.4) is 0 Å². The summed E-state index contributed by atoms with van der Waals surface area (Å²) in [4.78, 5) is 12.0. The molecule has 0 radical (unpaired) electrons. The van der Waals surface area contributed by atoms with E-state index in [9.17, 15) is 4.79 Å². The fourth-order valence-corrected chi connectivity index (χ4v) is 3.83. The lowest BCUT2D eigenvalue weighted by molar-refractivity contribution is 0.0209. The van der Waals surface area contributed by atoms with Gasteiger partial charge in [-0.25, -0.2) is 4.79 Å². The Morgan fingerprint density at radius 3 is 2.61 bits per heavy atom. The van der Waals surface area contributed by atoms with E-state index < -0.39 is 11.8 Å². The van der Waals surface area contributed by atoms with E-state index in [0.29, 0.717) is 11.7 Å². The molecule has 0 aromatic heterocycles. The third-order valence-electron chi connectivity index (χ3n) is 4.07. The SMILES string of the molecule is CC(C)(C)OC(=O)Oc1cc2c(c3ccccc13)[C@H](CBr)CC2. The molecule has 0 amide bonds. The molecule has 0 spiro atoms. The first-order chi connectivity index (χ1) is 10.9. The number of ether oxygens (including phenoxy) is 2. The fraction of sp³-hybridized carbons (Fsp3) is 0.421. The zero-order valence-electron chi connectivity index (χ0n) is 13.7. The van der Waals surface area contributed by atoms with Crippen molar-refractivity contribution in [2.45, 2.75) is 45.1 Å². The molecule has 0 bridgehead atoms. The number of rotatable bonds is 2. The number of alkyl halides is 1. The van der Waals surface area contributed by atoms with Crippen LogP contribution in [0.5, 0.6) is 5.75 Å². The Kier molecular flexibility index (Phi) is 4.37. The summed E-state index contributed by atoms with van der Waals surface area (Å²) in [7, 11) is 0. The minimum atomic E-state index is -0.655. The number of benzene rings is 2. The number of halogens is 1. The summed E-state index contributed by atoms with van der Waals surface area (Å²) in [5.74, 6) is 1.11. The van der Waals surface area contributed by atoms with Gasteiger partial charge in [0.2, 0.25) is 0 Å². The Morgan fingerprint density at radius 2 is 1.96 bits per heavy atom. The van der Waals surface area contributed by atoms with Crippen LogP contribution in [-0.2, 0) is 11.2 Å². The van der Waals surface area contributed by atoms with Gasteiger partial charge in [-0.1, -0.05) is 40.2 Å². The van der Waals surface area contributed by atoms with Crippen molar-refractivity contribution in [1.82, 2.24) is 0 Å². The molecule has 0 unspecified atom stereocenters. The zero-order valence-corrected chi connectivity index (χ0v) is 15.3. The van der Waals surface area contributed by atoms with Crippen LogP contribution in [0.15, 0.2) is 30.3 Å². The summed E-state index contributed by atoms with van der Waals surface area (Å²) >= 11 is 3.62. The van der Waals surface area contributed by atoms with Gasteiger partial charge in [0.25, 0.3) is 0 Å². The highest BCUT2D eigenvalue weighted by Crippen LogP contribution is 2.43. The van der Waals surface area contributed by atoms with Crippen LogP contribution in [0.25, 0.3) is 10.8 Å². The Hall–Kier alpha value is -1.55.